The molecule has 23 heavy (non-hydrogen) atoms. The summed E-state index contributed by atoms with van der Waals surface area (Å²) in [4.78, 5) is 8.29. The molecule has 0 unspecified atom stereocenters. The number of fused-ring (bicyclic) bond motifs is 1. The van der Waals surface area contributed by atoms with E-state index in [1.807, 2.05) is 13.8 Å². The van der Waals surface area contributed by atoms with Gasteiger partial charge in [0.2, 0.25) is 5.88 Å². The first kappa shape index (κ1) is 15.8. The lowest BCUT2D eigenvalue weighted by molar-refractivity contribution is -0.138. The van der Waals surface area contributed by atoms with Crippen LogP contribution in [0.5, 0.6) is 5.88 Å². The standard InChI is InChI=1S/C15H17F3N4O/c1-9(2)22-13(19-8-20-22)7-23-14-6-11(15(16,17)18)10-4-3-5-12(10)21-14/h6,8-9H,3-5,7H2,1-2H3. The van der Waals surface area contributed by atoms with Gasteiger partial charge in [0.1, 0.15) is 12.9 Å². The first-order chi connectivity index (χ1) is 10.9. The van der Waals surface area contributed by atoms with Crippen LogP contribution in [0.3, 0.4) is 0 Å². The number of hydrogen-bond acceptors (Lipinski definition) is 4. The molecule has 5 nitrogen and oxygen atoms in total. The fourth-order valence-electron chi connectivity index (χ4n) is 2.79. The van der Waals surface area contributed by atoms with Crippen LogP contribution in [0.25, 0.3) is 0 Å². The molecule has 124 valence electrons. The van der Waals surface area contributed by atoms with E-state index in [-0.39, 0.29) is 18.5 Å². The van der Waals surface area contributed by atoms with E-state index in [0.717, 1.165) is 6.07 Å². The van der Waals surface area contributed by atoms with Crippen molar-refractivity contribution < 1.29 is 17.9 Å². The van der Waals surface area contributed by atoms with Crippen LogP contribution in [0, 0.1) is 0 Å². The molecule has 0 aromatic carbocycles. The SMILES string of the molecule is CC(C)n1ncnc1COc1cc(C(F)(F)F)c2c(n1)CCC2. The summed E-state index contributed by atoms with van der Waals surface area (Å²) in [6.45, 7) is 3.91. The summed E-state index contributed by atoms with van der Waals surface area (Å²) in [6.07, 6.45) is -1.34. The van der Waals surface area contributed by atoms with Crippen LogP contribution in [0.1, 0.15) is 49.0 Å². The summed E-state index contributed by atoms with van der Waals surface area (Å²) in [5.74, 6) is 0.534. The molecule has 1 aliphatic carbocycles. The molecule has 1 aliphatic rings. The Kier molecular flexibility index (Phi) is 3.99. The number of pyridine rings is 1. The molecule has 2 aromatic rings. The molecule has 2 heterocycles. The highest BCUT2D eigenvalue weighted by Crippen LogP contribution is 2.38. The Morgan fingerprint density at radius 1 is 1.30 bits per heavy atom. The fourth-order valence-corrected chi connectivity index (χ4v) is 2.79. The van der Waals surface area contributed by atoms with Crippen molar-refractivity contribution in [2.45, 2.75) is 51.9 Å². The summed E-state index contributed by atoms with van der Waals surface area (Å²) in [5, 5.41) is 4.07. The van der Waals surface area contributed by atoms with Gasteiger partial charge in [-0.3, -0.25) is 0 Å². The molecule has 0 atom stereocenters. The number of aryl methyl sites for hydroxylation is 1. The van der Waals surface area contributed by atoms with Crippen molar-refractivity contribution in [1.82, 2.24) is 19.7 Å². The van der Waals surface area contributed by atoms with Crippen molar-refractivity contribution in [3.63, 3.8) is 0 Å². The van der Waals surface area contributed by atoms with E-state index in [9.17, 15) is 13.2 Å². The van der Waals surface area contributed by atoms with Crippen molar-refractivity contribution in [3.05, 3.63) is 35.0 Å². The minimum atomic E-state index is -4.40. The summed E-state index contributed by atoms with van der Waals surface area (Å²) in [6, 6.07) is 1.08. The monoisotopic (exact) mass is 326 g/mol. The smallest absolute Gasteiger partial charge is 0.416 e. The maximum atomic E-state index is 13.2. The van der Waals surface area contributed by atoms with Gasteiger partial charge in [0.15, 0.2) is 5.82 Å². The third-order valence-corrected chi connectivity index (χ3v) is 3.82. The number of rotatable bonds is 4. The Hall–Kier alpha value is -2.12. The lowest BCUT2D eigenvalue weighted by atomic mass is 10.1. The first-order valence-corrected chi connectivity index (χ1v) is 7.47. The van der Waals surface area contributed by atoms with Crippen LogP contribution < -0.4 is 4.74 Å². The number of halogens is 3. The zero-order valence-corrected chi connectivity index (χ0v) is 12.9. The van der Waals surface area contributed by atoms with Gasteiger partial charge in [-0.2, -0.15) is 18.3 Å². The number of hydrogen-bond donors (Lipinski definition) is 0. The van der Waals surface area contributed by atoms with Crippen molar-refractivity contribution in [2.24, 2.45) is 0 Å². The quantitative estimate of drug-likeness (QED) is 0.865. The average molecular weight is 326 g/mol. The molecular weight excluding hydrogens is 309 g/mol. The average Bonchev–Trinajstić information content (AvgIpc) is 3.11. The van der Waals surface area contributed by atoms with Crippen LogP contribution in [-0.2, 0) is 25.6 Å². The number of ether oxygens (including phenoxy) is 1. The molecular formula is C15H17F3N4O. The second-order valence-electron chi connectivity index (χ2n) is 5.79. The van der Waals surface area contributed by atoms with Crippen molar-refractivity contribution >= 4 is 0 Å². The van der Waals surface area contributed by atoms with E-state index in [4.69, 9.17) is 4.74 Å². The minimum absolute atomic E-state index is 0.0173. The Bertz CT molecular complexity index is 709. The molecule has 0 bridgehead atoms. The van der Waals surface area contributed by atoms with E-state index in [1.165, 1.54) is 6.33 Å². The third-order valence-electron chi connectivity index (χ3n) is 3.82. The van der Waals surface area contributed by atoms with Gasteiger partial charge in [-0.05, 0) is 38.7 Å². The van der Waals surface area contributed by atoms with E-state index in [1.54, 1.807) is 4.68 Å². The van der Waals surface area contributed by atoms with Gasteiger partial charge in [0.25, 0.3) is 0 Å². The van der Waals surface area contributed by atoms with Crippen molar-refractivity contribution in [1.29, 1.82) is 0 Å². The molecule has 8 heteroatoms. The largest absolute Gasteiger partial charge is 0.469 e. The molecule has 0 fully saturated rings. The second kappa shape index (κ2) is 5.82. The summed E-state index contributed by atoms with van der Waals surface area (Å²) in [7, 11) is 0. The van der Waals surface area contributed by atoms with Gasteiger partial charge in [0, 0.05) is 17.8 Å². The normalized spacial score (nSPS) is 14.3. The zero-order valence-electron chi connectivity index (χ0n) is 12.9. The van der Waals surface area contributed by atoms with E-state index < -0.39 is 11.7 Å². The maximum absolute atomic E-state index is 13.2. The van der Waals surface area contributed by atoms with E-state index in [0.29, 0.717) is 36.3 Å². The van der Waals surface area contributed by atoms with Gasteiger partial charge in [-0.1, -0.05) is 0 Å². The lowest BCUT2D eigenvalue weighted by Crippen LogP contribution is -2.13. The zero-order chi connectivity index (χ0) is 16.6. The molecule has 0 amide bonds. The molecule has 0 aliphatic heterocycles. The topological polar surface area (TPSA) is 52.8 Å². The van der Waals surface area contributed by atoms with Crippen LogP contribution in [0.4, 0.5) is 13.2 Å². The van der Waals surface area contributed by atoms with E-state index in [2.05, 4.69) is 15.1 Å². The summed E-state index contributed by atoms with van der Waals surface area (Å²) in [5.41, 5.74) is 0.149. The van der Waals surface area contributed by atoms with Crippen LogP contribution in [-0.4, -0.2) is 19.7 Å². The van der Waals surface area contributed by atoms with E-state index >= 15 is 0 Å². The molecule has 0 radical (unpaired) electrons. The van der Waals surface area contributed by atoms with Gasteiger partial charge in [0.05, 0.1) is 5.56 Å². The highest BCUT2D eigenvalue weighted by molar-refractivity contribution is 5.39. The molecule has 0 N–H and O–H groups in total. The van der Waals surface area contributed by atoms with Crippen LogP contribution >= 0.6 is 0 Å². The van der Waals surface area contributed by atoms with Crippen molar-refractivity contribution in [3.8, 4) is 5.88 Å². The molecule has 2 aromatic heterocycles. The molecule has 0 spiro atoms. The summed E-state index contributed by atoms with van der Waals surface area (Å²) >= 11 is 0. The molecule has 0 saturated heterocycles. The third kappa shape index (κ3) is 3.16. The molecule has 0 saturated carbocycles. The minimum Gasteiger partial charge on any atom is -0.469 e. The highest BCUT2D eigenvalue weighted by Gasteiger charge is 2.36. The van der Waals surface area contributed by atoms with Crippen LogP contribution in [0.15, 0.2) is 12.4 Å². The summed E-state index contributed by atoms with van der Waals surface area (Å²) < 4.78 is 46.7. The Morgan fingerprint density at radius 3 is 2.78 bits per heavy atom. The van der Waals surface area contributed by atoms with Gasteiger partial charge >= 0.3 is 6.18 Å². The van der Waals surface area contributed by atoms with Crippen molar-refractivity contribution in [2.75, 3.05) is 0 Å². The first-order valence-electron chi connectivity index (χ1n) is 7.47. The predicted molar refractivity (Wildman–Crippen MR) is 76.0 cm³/mol. The van der Waals surface area contributed by atoms with Crippen LogP contribution in [0.2, 0.25) is 0 Å². The Labute approximate surface area is 131 Å². The fraction of sp³-hybridized carbons (Fsp3) is 0.533. The maximum Gasteiger partial charge on any atom is 0.416 e. The van der Waals surface area contributed by atoms with Gasteiger partial charge < -0.3 is 4.74 Å². The number of nitrogens with zero attached hydrogens (tertiary/aromatic N) is 4. The number of alkyl halides is 3. The van der Waals surface area contributed by atoms with Gasteiger partial charge in [-0.25, -0.2) is 14.6 Å². The predicted octanol–water partition coefficient (Wildman–Crippen LogP) is 3.34. The number of aromatic nitrogens is 4. The highest BCUT2D eigenvalue weighted by atomic mass is 19.4. The Morgan fingerprint density at radius 2 is 2.09 bits per heavy atom. The van der Waals surface area contributed by atoms with Gasteiger partial charge in [-0.15, -0.1) is 0 Å². The second-order valence-corrected chi connectivity index (χ2v) is 5.79. The Balaban J connectivity index is 1.85. The lowest BCUT2D eigenvalue weighted by Gasteiger charge is -2.15. The molecule has 3 rings (SSSR count).